The van der Waals surface area contributed by atoms with E-state index in [2.05, 4.69) is 0 Å². The molecule has 2 rings (SSSR count). The summed E-state index contributed by atoms with van der Waals surface area (Å²) >= 11 is 6.04. The van der Waals surface area contributed by atoms with Crippen LogP contribution in [0.5, 0.6) is 0 Å². The molecule has 5 heteroatoms. The number of aliphatic hydroxyl groups excluding tert-OH is 1. The molecule has 2 unspecified atom stereocenters. The van der Waals surface area contributed by atoms with Gasteiger partial charge in [-0.25, -0.2) is 0 Å². The van der Waals surface area contributed by atoms with Crippen molar-refractivity contribution >= 4 is 17.5 Å². The maximum Gasteiger partial charge on any atom is 0.248 e. The smallest absolute Gasteiger partial charge is 0.248 e. The number of carbonyl (C=O) groups is 1. The van der Waals surface area contributed by atoms with Crippen LogP contribution in [0.15, 0.2) is 24.3 Å². The number of benzene rings is 1. The quantitative estimate of drug-likeness (QED) is 0.909. The molecule has 0 saturated carbocycles. The predicted octanol–water partition coefficient (Wildman–Crippen LogP) is 2.48. The van der Waals surface area contributed by atoms with Crippen LogP contribution in [0.4, 0.5) is 0 Å². The van der Waals surface area contributed by atoms with Gasteiger partial charge in [0.2, 0.25) is 5.91 Å². The first kappa shape index (κ1) is 16.3. The molecule has 1 aromatic carbocycles. The van der Waals surface area contributed by atoms with Gasteiger partial charge >= 0.3 is 0 Å². The number of carbonyl (C=O) groups excluding carboxylic acids is 1. The molecule has 1 fully saturated rings. The van der Waals surface area contributed by atoms with Crippen LogP contribution in [0.1, 0.15) is 25.3 Å². The Balaban J connectivity index is 1.78. The maximum absolute atomic E-state index is 12.1. The van der Waals surface area contributed by atoms with Crippen LogP contribution >= 0.6 is 11.6 Å². The van der Waals surface area contributed by atoms with Crippen molar-refractivity contribution < 1.29 is 14.6 Å². The van der Waals surface area contributed by atoms with Gasteiger partial charge in [0.1, 0.15) is 6.61 Å². The zero-order valence-electron chi connectivity index (χ0n) is 12.3. The van der Waals surface area contributed by atoms with Gasteiger partial charge in [0.25, 0.3) is 0 Å². The van der Waals surface area contributed by atoms with Crippen LogP contribution < -0.4 is 0 Å². The van der Waals surface area contributed by atoms with Gasteiger partial charge in [0.05, 0.1) is 12.7 Å². The van der Waals surface area contributed by atoms with E-state index in [4.69, 9.17) is 16.3 Å². The Morgan fingerprint density at radius 3 is 3.00 bits per heavy atom. The van der Waals surface area contributed by atoms with Crippen LogP contribution in [0, 0.1) is 5.92 Å². The number of halogens is 1. The summed E-state index contributed by atoms with van der Waals surface area (Å²) in [5.74, 6) is 0.152. The third kappa shape index (κ3) is 4.70. The van der Waals surface area contributed by atoms with E-state index in [1.807, 2.05) is 18.2 Å². The van der Waals surface area contributed by atoms with E-state index in [0.717, 1.165) is 24.9 Å². The Kier molecular flexibility index (Phi) is 6.03. The van der Waals surface area contributed by atoms with Gasteiger partial charge in [-0.15, -0.1) is 0 Å². The van der Waals surface area contributed by atoms with Gasteiger partial charge in [0.15, 0.2) is 0 Å². The number of nitrogens with zero attached hydrogens (tertiary/aromatic N) is 1. The zero-order chi connectivity index (χ0) is 15.2. The first-order chi connectivity index (χ1) is 10.1. The van der Waals surface area contributed by atoms with E-state index in [0.29, 0.717) is 18.2 Å². The summed E-state index contributed by atoms with van der Waals surface area (Å²) in [6.45, 7) is 3.53. The Hall–Kier alpha value is -1.10. The predicted molar refractivity (Wildman–Crippen MR) is 82.1 cm³/mol. The molecule has 1 aliphatic rings. The minimum atomic E-state index is -0.371. The second-order valence-electron chi connectivity index (χ2n) is 5.57. The number of hydrogen-bond acceptors (Lipinski definition) is 3. The number of amides is 1. The molecule has 1 heterocycles. The summed E-state index contributed by atoms with van der Waals surface area (Å²) in [5.41, 5.74) is 0.882. The molecule has 0 aromatic heterocycles. The highest BCUT2D eigenvalue weighted by molar-refractivity contribution is 6.31. The fourth-order valence-electron chi connectivity index (χ4n) is 2.59. The second kappa shape index (κ2) is 7.78. The normalized spacial score (nSPS) is 20.3. The van der Waals surface area contributed by atoms with E-state index in [9.17, 15) is 9.90 Å². The van der Waals surface area contributed by atoms with Crippen LogP contribution in [0.25, 0.3) is 0 Å². The second-order valence-corrected chi connectivity index (χ2v) is 5.97. The summed E-state index contributed by atoms with van der Waals surface area (Å²) in [6.07, 6.45) is 1.54. The molecule has 4 nitrogen and oxygen atoms in total. The van der Waals surface area contributed by atoms with Gasteiger partial charge in [-0.3, -0.25) is 4.79 Å². The third-order valence-corrected chi connectivity index (χ3v) is 4.30. The molecule has 1 aromatic rings. The summed E-state index contributed by atoms with van der Waals surface area (Å²) < 4.78 is 5.47. The first-order valence-corrected chi connectivity index (χ1v) is 7.72. The molecule has 1 saturated heterocycles. The summed E-state index contributed by atoms with van der Waals surface area (Å²) in [5, 5.41) is 10.3. The molecule has 1 amide bonds. The van der Waals surface area contributed by atoms with E-state index >= 15 is 0 Å². The van der Waals surface area contributed by atoms with Gasteiger partial charge in [-0.1, -0.05) is 29.8 Å². The van der Waals surface area contributed by atoms with Crippen molar-refractivity contribution in [1.29, 1.82) is 0 Å². The van der Waals surface area contributed by atoms with Gasteiger partial charge in [-0.2, -0.15) is 0 Å². The molecule has 0 radical (unpaired) electrons. The largest absolute Gasteiger partial charge is 0.393 e. The molecular formula is C16H22ClNO3. The molecule has 21 heavy (non-hydrogen) atoms. The number of rotatable bonds is 5. The van der Waals surface area contributed by atoms with Crippen molar-refractivity contribution in [3.05, 3.63) is 34.9 Å². The topological polar surface area (TPSA) is 49.8 Å². The highest BCUT2D eigenvalue weighted by Gasteiger charge is 2.26. The fourth-order valence-corrected chi connectivity index (χ4v) is 2.78. The first-order valence-electron chi connectivity index (χ1n) is 7.35. The van der Waals surface area contributed by atoms with Crippen LogP contribution in [0.3, 0.4) is 0 Å². The van der Waals surface area contributed by atoms with Crippen molar-refractivity contribution in [2.45, 2.75) is 32.5 Å². The Labute approximate surface area is 130 Å². The standard InChI is InChI=1S/C16H22ClNO3/c1-12(19)13-6-4-8-18(9-13)16(20)11-21-10-14-5-2-3-7-15(14)17/h2-3,5,7,12-13,19H,4,6,8-11H2,1H3. The van der Waals surface area contributed by atoms with Crippen molar-refractivity contribution in [1.82, 2.24) is 4.90 Å². The van der Waals surface area contributed by atoms with E-state index < -0.39 is 0 Å². The maximum atomic E-state index is 12.1. The molecular weight excluding hydrogens is 290 g/mol. The minimum Gasteiger partial charge on any atom is -0.393 e. The highest BCUT2D eigenvalue weighted by atomic mass is 35.5. The lowest BCUT2D eigenvalue weighted by molar-refractivity contribution is -0.139. The number of hydrogen-bond donors (Lipinski definition) is 1. The van der Waals surface area contributed by atoms with Gasteiger partial charge in [0, 0.05) is 24.0 Å². The number of likely N-dealkylation sites (tertiary alicyclic amines) is 1. The lowest BCUT2D eigenvalue weighted by Gasteiger charge is -2.34. The molecule has 2 atom stereocenters. The van der Waals surface area contributed by atoms with Gasteiger partial charge in [-0.05, 0) is 31.4 Å². The lowest BCUT2D eigenvalue weighted by atomic mass is 9.93. The Morgan fingerprint density at radius 2 is 2.29 bits per heavy atom. The van der Waals surface area contributed by atoms with Gasteiger partial charge < -0.3 is 14.7 Å². The summed E-state index contributed by atoms with van der Waals surface area (Å²) in [7, 11) is 0. The number of piperidine rings is 1. The molecule has 0 aliphatic carbocycles. The molecule has 1 aliphatic heterocycles. The van der Waals surface area contributed by atoms with E-state index in [-0.39, 0.29) is 24.5 Å². The Morgan fingerprint density at radius 1 is 1.52 bits per heavy atom. The summed E-state index contributed by atoms with van der Waals surface area (Å²) in [4.78, 5) is 13.9. The average molecular weight is 312 g/mol. The zero-order valence-corrected chi connectivity index (χ0v) is 13.1. The minimum absolute atomic E-state index is 0.0209. The molecule has 0 spiro atoms. The van der Waals surface area contributed by atoms with Crippen LogP contribution in [-0.4, -0.2) is 41.7 Å². The average Bonchev–Trinajstić information content (AvgIpc) is 2.49. The van der Waals surface area contributed by atoms with E-state index in [1.165, 1.54) is 0 Å². The third-order valence-electron chi connectivity index (χ3n) is 3.93. The monoisotopic (exact) mass is 311 g/mol. The van der Waals surface area contributed by atoms with Crippen molar-refractivity contribution in [3.8, 4) is 0 Å². The van der Waals surface area contributed by atoms with Crippen molar-refractivity contribution in [2.24, 2.45) is 5.92 Å². The number of aliphatic hydroxyl groups is 1. The molecule has 0 bridgehead atoms. The fraction of sp³-hybridized carbons (Fsp3) is 0.562. The number of ether oxygens (including phenoxy) is 1. The Bertz CT molecular complexity index is 478. The highest BCUT2D eigenvalue weighted by Crippen LogP contribution is 2.20. The summed E-state index contributed by atoms with van der Waals surface area (Å²) in [6, 6.07) is 7.45. The lowest BCUT2D eigenvalue weighted by Crippen LogP contribution is -2.44. The van der Waals surface area contributed by atoms with Crippen LogP contribution in [-0.2, 0) is 16.1 Å². The van der Waals surface area contributed by atoms with E-state index in [1.54, 1.807) is 17.9 Å². The SMILES string of the molecule is CC(O)C1CCCN(C(=O)COCc2ccccc2Cl)C1. The van der Waals surface area contributed by atoms with Crippen molar-refractivity contribution in [3.63, 3.8) is 0 Å². The van der Waals surface area contributed by atoms with Crippen molar-refractivity contribution in [2.75, 3.05) is 19.7 Å². The van der Waals surface area contributed by atoms with Crippen LogP contribution in [0.2, 0.25) is 5.02 Å². The molecule has 116 valence electrons. The molecule has 1 N–H and O–H groups in total.